The Balaban J connectivity index is 1.72. The van der Waals surface area contributed by atoms with Crippen molar-refractivity contribution in [2.75, 3.05) is 11.9 Å². The number of carbonyl (C=O) groups is 1. The van der Waals surface area contributed by atoms with Crippen LogP contribution in [0.1, 0.15) is 0 Å². The van der Waals surface area contributed by atoms with Crippen LogP contribution in [0.2, 0.25) is 5.02 Å². The molecule has 0 saturated carbocycles. The lowest BCUT2D eigenvalue weighted by molar-refractivity contribution is -0.125. The van der Waals surface area contributed by atoms with E-state index in [9.17, 15) is 4.79 Å². The van der Waals surface area contributed by atoms with Crippen LogP contribution in [0.5, 0.6) is 11.5 Å². The van der Waals surface area contributed by atoms with E-state index in [1.54, 1.807) is 30.3 Å². The van der Waals surface area contributed by atoms with E-state index in [-0.39, 0.29) is 12.5 Å². The van der Waals surface area contributed by atoms with Gasteiger partial charge in [-0.25, -0.2) is 0 Å². The van der Waals surface area contributed by atoms with E-state index in [4.69, 9.17) is 21.1 Å². The second-order valence-electron chi connectivity index (χ2n) is 4.48. The second-order valence-corrected chi connectivity index (χ2v) is 5.80. The molecular weight excluding hydrogens is 358 g/mol. The molecule has 1 atom stereocenters. The van der Waals surface area contributed by atoms with E-state index >= 15 is 0 Å². The Morgan fingerprint density at radius 2 is 2.00 bits per heavy atom. The number of para-hydroxylation sites is 2. The average Bonchev–Trinajstić information content (AvgIpc) is 2.49. The van der Waals surface area contributed by atoms with Gasteiger partial charge in [-0.05, 0) is 30.3 Å². The highest BCUT2D eigenvalue weighted by Crippen LogP contribution is 2.31. The van der Waals surface area contributed by atoms with Crippen LogP contribution >= 0.6 is 27.5 Å². The maximum Gasteiger partial charge on any atom is 0.269 e. The van der Waals surface area contributed by atoms with Crippen molar-refractivity contribution in [1.29, 1.82) is 0 Å². The smallest absolute Gasteiger partial charge is 0.269 e. The van der Waals surface area contributed by atoms with Gasteiger partial charge in [-0.2, -0.15) is 0 Å². The van der Waals surface area contributed by atoms with Gasteiger partial charge in [-0.15, -0.1) is 0 Å². The minimum Gasteiger partial charge on any atom is -0.485 e. The summed E-state index contributed by atoms with van der Waals surface area (Å²) in [5, 5.41) is 3.19. The lowest BCUT2D eigenvalue weighted by atomic mass is 10.2. The first-order valence-corrected chi connectivity index (χ1v) is 7.45. The van der Waals surface area contributed by atoms with Crippen LogP contribution in [0.4, 0.5) is 5.69 Å². The molecule has 0 unspecified atom stereocenters. The third-order valence-corrected chi connectivity index (χ3v) is 3.80. The van der Waals surface area contributed by atoms with Gasteiger partial charge in [0.2, 0.25) is 6.10 Å². The summed E-state index contributed by atoms with van der Waals surface area (Å²) in [4.78, 5) is 12.2. The van der Waals surface area contributed by atoms with E-state index in [2.05, 4.69) is 21.2 Å². The monoisotopic (exact) mass is 367 g/mol. The quantitative estimate of drug-likeness (QED) is 0.875. The molecule has 4 nitrogen and oxygen atoms in total. The van der Waals surface area contributed by atoms with Crippen LogP contribution in [0.25, 0.3) is 0 Å². The molecule has 21 heavy (non-hydrogen) atoms. The number of anilines is 1. The van der Waals surface area contributed by atoms with Gasteiger partial charge in [-0.3, -0.25) is 4.79 Å². The predicted octanol–water partition coefficient (Wildman–Crippen LogP) is 3.88. The average molecular weight is 369 g/mol. The van der Waals surface area contributed by atoms with Gasteiger partial charge in [0.15, 0.2) is 11.5 Å². The van der Waals surface area contributed by atoms with Crippen LogP contribution in [0.3, 0.4) is 0 Å². The minimum absolute atomic E-state index is 0.164. The normalized spacial score (nSPS) is 16.4. The molecular formula is C15H11BrClNO3. The molecule has 1 N–H and O–H groups in total. The summed E-state index contributed by atoms with van der Waals surface area (Å²) < 4.78 is 12.0. The maximum absolute atomic E-state index is 12.2. The van der Waals surface area contributed by atoms with Gasteiger partial charge in [0.25, 0.3) is 5.91 Å². The molecule has 0 aliphatic carbocycles. The Bertz CT molecular complexity index is 692. The zero-order chi connectivity index (χ0) is 14.8. The van der Waals surface area contributed by atoms with Crippen molar-refractivity contribution in [3.63, 3.8) is 0 Å². The molecule has 1 amide bonds. The largest absolute Gasteiger partial charge is 0.485 e. The molecule has 0 radical (unpaired) electrons. The third-order valence-electron chi connectivity index (χ3n) is 2.99. The highest BCUT2D eigenvalue weighted by molar-refractivity contribution is 9.10. The van der Waals surface area contributed by atoms with E-state index in [1.807, 2.05) is 12.1 Å². The number of halogens is 2. The van der Waals surface area contributed by atoms with E-state index in [1.165, 1.54) is 0 Å². The lowest BCUT2D eigenvalue weighted by Gasteiger charge is -2.25. The molecule has 2 aromatic carbocycles. The number of rotatable bonds is 2. The number of amides is 1. The van der Waals surface area contributed by atoms with Gasteiger partial charge >= 0.3 is 0 Å². The number of carbonyl (C=O) groups excluding carboxylic acids is 1. The fourth-order valence-electron chi connectivity index (χ4n) is 1.95. The first kappa shape index (κ1) is 14.2. The van der Waals surface area contributed by atoms with Crippen molar-refractivity contribution in [3.05, 3.63) is 52.0 Å². The Morgan fingerprint density at radius 3 is 2.76 bits per heavy atom. The standard InChI is InChI=1S/C15H11BrClNO3/c16-9-5-6-11(10(17)7-9)18-15(19)14-8-20-12-3-1-2-4-13(12)21-14/h1-7,14H,8H2,(H,18,19)/t14-/m0/s1. The number of hydrogen-bond acceptors (Lipinski definition) is 3. The summed E-state index contributed by atoms with van der Waals surface area (Å²) in [6.45, 7) is 0.164. The zero-order valence-electron chi connectivity index (χ0n) is 10.8. The van der Waals surface area contributed by atoms with Crippen molar-refractivity contribution < 1.29 is 14.3 Å². The minimum atomic E-state index is -0.709. The fourth-order valence-corrected chi connectivity index (χ4v) is 2.67. The molecule has 1 heterocycles. The molecule has 3 rings (SSSR count). The molecule has 6 heteroatoms. The number of benzene rings is 2. The first-order valence-electron chi connectivity index (χ1n) is 6.28. The summed E-state index contributed by atoms with van der Waals surface area (Å²) in [7, 11) is 0. The molecule has 1 aliphatic heterocycles. The van der Waals surface area contributed by atoms with Crippen molar-refractivity contribution in [2.24, 2.45) is 0 Å². The van der Waals surface area contributed by atoms with Crippen molar-refractivity contribution in [3.8, 4) is 11.5 Å². The summed E-state index contributed by atoms with van der Waals surface area (Å²) in [6, 6.07) is 12.5. The van der Waals surface area contributed by atoms with Crippen molar-refractivity contribution >= 4 is 39.1 Å². The SMILES string of the molecule is O=C(Nc1ccc(Br)cc1Cl)[C@@H]1COc2ccccc2O1. The second kappa shape index (κ2) is 5.95. The molecule has 0 saturated heterocycles. The van der Waals surface area contributed by atoms with Gasteiger partial charge in [0.05, 0.1) is 10.7 Å². The number of fused-ring (bicyclic) bond motifs is 1. The van der Waals surface area contributed by atoms with Gasteiger partial charge in [-0.1, -0.05) is 39.7 Å². The summed E-state index contributed by atoms with van der Waals surface area (Å²) in [5.41, 5.74) is 0.535. The molecule has 1 aliphatic rings. The highest BCUT2D eigenvalue weighted by Gasteiger charge is 2.27. The molecule has 2 aromatic rings. The zero-order valence-corrected chi connectivity index (χ0v) is 13.1. The Hall–Kier alpha value is -1.72. The molecule has 108 valence electrons. The van der Waals surface area contributed by atoms with E-state index < -0.39 is 6.10 Å². The third kappa shape index (κ3) is 3.14. The number of ether oxygens (including phenoxy) is 2. The van der Waals surface area contributed by atoms with Crippen LogP contribution in [0, 0.1) is 0 Å². The van der Waals surface area contributed by atoms with Gasteiger partial charge < -0.3 is 14.8 Å². The summed E-state index contributed by atoms with van der Waals surface area (Å²) in [6.07, 6.45) is -0.709. The van der Waals surface area contributed by atoms with Gasteiger partial charge in [0, 0.05) is 4.47 Å². The Morgan fingerprint density at radius 1 is 1.24 bits per heavy atom. The number of hydrogen-bond donors (Lipinski definition) is 1. The number of nitrogens with one attached hydrogen (secondary N) is 1. The molecule has 0 spiro atoms. The van der Waals surface area contributed by atoms with Crippen LogP contribution in [-0.4, -0.2) is 18.6 Å². The van der Waals surface area contributed by atoms with Crippen LogP contribution in [-0.2, 0) is 4.79 Å². The van der Waals surface area contributed by atoms with E-state index in [0.717, 1.165) is 4.47 Å². The first-order chi connectivity index (χ1) is 10.1. The highest BCUT2D eigenvalue weighted by atomic mass is 79.9. The maximum atomic E-state index is 12.2. The van der Waals surface area contributed by atoms with E-state index in [0.29, 0.717) is 22.2 Å². The van der Waals surface area contributed by atoms with Crippen LogP contribution in [0.15, 0.2) is 46.9 Å². The van der Waals surface area contributed by atoms with Gasteiger partial charge in [0.1, 0.15) is 6.61 Å². The van der Waals surface area contributed by atoms with Crippen molar-refractivity contribution in [2.45, 2.75) is 6.10 Å². The lowest BCUT2D eigenvalue weighted by Crippen LogP contribution is -2.40. The fraction of sp³-hybridized carbons (Fsp3) is 0.133. The summed E-state index contributed by atoms with van der Waals surface area (Å²) in [5.74, 6) is 0.905. The molecule has 0 fully saturated rings. The van der Waals surface area contributed by atoms with Crippen molar-refractivity contribution in [1.82, 2.24) is 0 Å². The Kier molecular flexibility index (Phi) is 4.03. The molecule has 0 aromatic heterocycles. The molecule has 0 bridgehead atoms. The summed E-state index contributed by atoms with van der Waals surface area (Å²) >= 11 is 9.39. The van der Waals surface area contributed by atoms with Crippen LogP contribution < -0.4 is 14.8 Å². The Labute approximate surface area is 135 Å². The topological polar surface area (TPSA) is 47.6 Å². The predicted molar refractivity (Wildman–Crippen MR) is 84.1 cm³/mol.